The number of rotatable bonds is 5. The number of pyridine rings is 1. The number of nitrogens with zero attached hydrogens (tertiary/aromatic N) is 3. The second-order valence-corrected chi connectivity index (χ2v) is 5.07. The van der Waals surface area contributed by atoms with Crippen molar-refractivity contribution >= 4 is 16.7 Å². The zero-order valence-electron chi connectivity index (χ0n) is 12.2. The van der Waals surface area contributed by atoms with Gasteiger partial charge in [0.15, 0.2) is 0 Å². The van der Waals surface area contributed by atoms with Crippen LogP contribution < -0.4 is 5.32 Å². The Labute approximate surface area is 120 Å². The number of aromatic nitrogens is 1. The van der Waals surface area contributed by atoms with Crippen molar-refractivity contribution in [1.82, 2.24) is 9.88 Å². The van der Waals surface area contributed by atoms with Crippen molar-refractivity contribution in [3.05, 3.63) is 35.9 Å². The van der Waals surface area contributed by atoms with E-state index >= 15 is 0 Å². The fourth-order valence-corrected chi connectivity index (χ4v) is 2.21. The molecule has 1 aromatic heterocycles. The average molecular weight is 268 g/mol. The Balaban J connectivity index is 2.31. The number of anilines is 1. The van der Waals surface area contributed by atoms with Crippen LogP contribution in [0.4, 0.5) is 5.82 Å². The van der Waals surface area contributed by atoms with Crippen molar-refractivity contribution in [2.24, 2.45) is 0 Å². The van der Waals surface area contributed by atoms with Crippen molar-refractivity contribution in [2.75, 3.05) is 19.4 Å². The van der Waals surface area contributed by atoms with Crippen molar-refractivity contribution in [2.45, 2.75) is 25.9 Å². The van der Waals surface area contributed by atoms with E-state index in [0.29, 0.717) is 6.42 Å². The van der Waals surface area contributed by atoms with E-state index in [2.05, 4.69) is 40.3 Å². The van der Waals surface area contributed by atoms with E-state index in [1.165, 1.54) is 0 Å². The number of nitriles is 1. The highest BCUT2D eigenvalue weighted by molar-refractivity contribution is 5.81. The van der Waals surface area contributed by atoms with Gasteiger partial charge in [-0.25, -0.2) is 4.98 Å². The van der Waals surface area contributed by atoms with Crippen LogP contribution in [0.1, 0.15) is 18.9 Å². The fourth-order valence-electron chi connectivity index (χ4n) is 2.21. The molecule has 0 radical (unpaired) electrons. The Kier molecular flexibility index (Phi) is 4.54. The number of nitrogens with one attached hydrogen (secondary N) is 1. The molecule has 1 N–H and O–H groups in total. The molecule has 1 atom stereocenters. The van der Waals surface area contributed by atoms with Crippen LogP contribution in [-0.4, -0.2) is 30.0 Å². The van der Waals surface area contributed by atoms with Gasteiger partial charge < -0.3 is 5.32 Å². The van der Waals surface area contributed by atoms with E-state index < -0.39 is 0 Å². The lowest BCUT2D eigenvalue weighted by Gasteiger charge is -2.23. The molecule has 1 unspecified atom stereocenters. The van der Waals surface area contributed by atoms with Crippen LogP contribution in [0.15, 0.2) is 30.3 Å². The van der Waals surface area contributed by atoms with E-state index in [-0.39, 0.29) is 6.04 Å². The second-order valence-electron chi connectivity index (χ2n) is 5.07. The van der Waals surface area contributed by atoms with Gasteiger partial charge >= 0.3 is 0 Å². The van der Waals surface area contributed by atoms with Crippen LogP contribution in [0.2, 0.25) is 0 Å². The van der Waals surface area contributed by atoms with Gasteiger partial charge in [-0.3, -0.25) is 4.90 Å². The lowest BCUT2D eigenvalue weighted by Crippen LogP contribution is -2.28. The van der Waals surface area contributed by atoms with Gasteiger partial charge in [0.05, 0.1) is 18.0 Å². The summed E-state index contributed by atoms with van der Waals surface area (Å²) in [5.74, 6) is 0.903. The molecule has 1 aromatic carbocycles. The number of para-hydroxylation sites is 1. The van der Waals surface area contributed by atoms with Gasteiger partial charge in [0.1, 0.15) is 5.82 Å². The molecule has 0 fully saturated rings. The van der Waals surface area contributed by atoms with Crippen molar-refractivity contribution in [3.63, 3.8) is 0 Å². The van der Waals surface area contributed by atoms with Gasteiger partial charge in [-0.15, -0.1) is 0 Å². The maximum atomic E-state index is 8.79. The monoisotopic (exact) mass is 268 g/mol. The van der Waals surface area contributed by atoms with E-state index in [1.54, 1.807) is 0 Å². The zero-order valence-corrected chi connectivity index (χ0v) is 12.2. The molecule has 0 amide bonds. The van der Waals surface area contributed by atoms with Gasteiger partial charge in [0, 0.05) is 30.6 Å². The Morgan fingerprint density at radius 3 is 2.85 bits per heavy atom. The third-order valence-corrected chi connectivity index (χ3v) is 3.60. The van der Waals surface area contributed by atoms with Gasteiger partial charge in [-0.05, 0) is 26.1 Å². The maximum Gasteiger partial charge on any atom is 0.130 e. The fraction of sp³-hybridized carbons (Fsp3) is 0.375. The highest BCUT2D eigenvalue weighted by Crippen LogP contribution is 2.22. The zero-order chi connectivity index (χ0) is 14.5. The summed E-state index contributed by atoms with van der Waals surface area (Å²) in [7, 11) is 3.93. The number of hydrogen-bond acceptors (Lipinski definition) is 4. The highest BCUT2D eigenvalue weighted by Gasteiger charge is 2.12. The van der Waals surface area contributed by atoms with Crippen molar-refractivity contribution < 1.29 is 0 Å². The second kappa shape index (κ2) is 6.36. The highest BCUT2D eigenvalue weighted by atomic mass is 15.1. The number of hydrogen-bond donors (Lipinski definition) is 1. The molecule has 4 nitrogen and oxygen atoms in total. The lowest BCUT2D eigenvalue weighted by atomic mass is 10.1. The van der Waals surface area contributed by atoms with Gasteiger partial charge in [-0.1, -0.05) is 18.2 Å². The Morgan fingerprint density at radius 1 is 1.40 bits per heavy atom. The summed E-state index contributed by atoms with van der Waals surface area (Å²) in [6.07, 6.45) is 0.534. The normalized spacial score (nSPS) is 12.3. The minimum absolute atomic E-state index is 0.233. The molecular formula is C16H20N4. The van der Waals surface area contributed by atoms with Crippen LogP contribution in [0.3, 0.4) is 0 Å². The molecule has 0 saturated carbocycles. The molecule has 4 heteroatoms. The topological polar surface area (TPSA) is 52.0 Å². The first kappa shape index (κ1) is 14.3. The van der Waals surface area contributed by atoms with E-state index in [9.17, 15) is 0 Å². The van der Waals surface area contributed by atoms with E-state index in [1.807, 2.05) is 32.3 Å². The smallest absolute Gasteiger partial charge is 0.130 e. The molecule has 1 heterocycles. The summed E-state index contributed by atoms with van der Waals surface area (Å²) in [4.78, 5) is 6.83. The molecule has 0 saturated heterocycles. The summed E-state index contributed by atoms with van der Waals surface area (Å²) in [5.41, 5.74) is 2.15. The first-order chi connectivity index (χ1) is 9.65. The van der Waals surface area contributed by atoms with E-state index in [0.717, 1.165) is 28.8 Å². The molecule has 20 heavy (non-hydrogen) atoms. The summed E-state index contributed by atoms with van der Waals surface area (Å²) in [5, 5.41) is 13.1. The molecule has 0 aliphatic heterocycles. The average Bonchev–Trinajstić information content (AvgIpc) is 2.46. The van der Waals surface area contributed by atoms with Crippen LogP contribution in [0.5, 0.6) is 0 Å². The lowest BCUT2D eigenvalue weighted by molar-refractivity contribution is 0.253. The SMILES string of the molecule is CNc1nc2ccccc2cc1CN(C)C(C)CC#N. The standard InChI is InChI=1S/C16H20N4/c1-12(8-9-17)20(3)11-14-10-13-6-4-5-7-15(13)19-16(14)18-2/h4-7,10,12H,8,11H2,1-3H3,(H,18,19). The molecule has 0 aliphatic carbocycles. The Bertz CT molecular complexity index is 630. The minimum Gasteiger partial charge on any atom is -0.373 e. The number of fused-ring (bicyclic) bond motifs is 1. The molecular weight excluding hydrogens is 248 g/mol. The molecule has 0 bridgehead atoms. The van der Waals surface area contributed by atoms with Gasteiger partial charge in [0.25, 0.3) is 0 Å². The van der Waals surface area contributed by atoms with Crippen LogP contribution >= 0.6 is 0 Å². The van der Waals surface area contributed by atoms with Crippen LogP contribution in [-0.2, 0) is 6.54 Å². The first-order valence-electron chi connectivity index (χ1n) is 6.79. The Morgan fingerprint density at radius 2 is 2.15 bits per heavy atom. The quantitative estimate of drug-likeness (QED) is 0.905. The summed E-state index contributed by atoms with van der Waals surface area (Å²) < 4.78 is 0. The van der Waals surface area contributed by atoms with Crippen molar-refractivity contribution in [1.29, 1.82) is 5.26 Å². The van der Waals surface area contributed by atoms with Crippen molar-refractivity contribution in [3.8, 4) is 6.07 Å². The summed E-state index contributed by atoms with van der Waals surface area (Å²) >= 11 is 0. The third-order valence-electron chi connectivity index (χ3n) is 3.60. The molecule has 2 rings (SSSR count). The molecule has 2 aromatic rings. The van der Waals surface area contributed by atoms with Crippen LogP contribution in [0, 0.1) is 11.3 Å². The van der Waals surface area contributed by atoms with E-state index in [4.69, 9.17) is 5.26 Å². The van der Waals surface area contributed by atoms with Gasteiger partial charge in [0.2, 0.25) is 0 Å². The first-order valence-corrected chi connectivity index (χ1v) is 6.79. The molecule has 0 spiro atoms. The maximum absolute atomic E-state index is 8.79. The molecule has 0 aliphatic rings. The number of benzene rings is 1. The predicted octanol–water partition coefficient (Wildman–Crippen LogP) is 3.01. The largest absolute Gasteiger partial charge is 0.373 e. The molecule has 104 valence electrons. The predicted molar refractivity (Wildman–Crippen MR) is 82.4 cm³/mol. The summed E-state index contributed by atoms with van der Waals surface area (Å²) in [6.45, 7) is 2.84. The summed E-state index contributed by atoms with van der Waals surface area (Å²) in [6, 6.07) is 12.7. The third kappa shape index (κ3) is 3.06. The Hall–Kier alpha value is -2.12. The van der Waals surface area contributed by atoms with Gasteiger partial charge in [-0.2, -0.15) is 5.26 Å². The van der Waals surface area contributed by atoms with Crippen LogP contribution in [0.25, 0.3) is 10.9 Å². The minimum atomic E-state index is 0.233.